The van der Waals surface area contributed by atoms with E-state index >= 15 is 0 Å². The second-order valence-electron chi connectivity index (χ2n) is 5.58. The monoisotopic (exact) mass is 373 g/mol. The van der Waals surface area contributed by atoms with Crippen molar-refractivity contribution < 1.29 is 28.7 Å². The molecular formula is C19H19NO7. The van der Waals surface area contributed by atoms with Gasteiger partial charge in [0, 0.05) is 24.1 Å². The molecule has 0 fully saturated rings. The van der Waals surface area contributed by atoms with Crippen LogP contribution in [0.2, 0.25) is 0 Å². The number of esters is 1. The smallest absolute Gasteiger partial charge is 0.306 e. The molecule has 0 N–H and O–H groups in total. The number of hydrogen-bond donors (Lipinski definition) is 0. The van der Waals surface area contributed by atoms with Crippen LogP contribution in [0.5, 0.6) is 11.5 Å². The first-order chi connectivity index (χ1) is 12.9. The lowest BCUT2D eigenvalue weighted by Gasteiger charge is -2.09. The molecule has 0 saturated heterocycles. The summed E-state index contributed by atoms with van der Waals surface area (Å²) < 4.78 is 15.4. The largest absolute Gasteiger partial charge is 0.493 e. The van der Waals surface area contributed by atoms with Gasteiger partial charge in [0.05, 0.1) is 25.6 Å². The summed E-state index contributed by atoms with van der Waals surface area (Å²) in [6.45, 7) is -0.0125. The van der Waals surface area contributed by atoms with Gasteiger partial charge in [-0.05, 0) is 35.9 Å². The van der Waals surface area contributed by atoms with E-state index in [4.69, 9.17) is 14.2 Å². The van der Waals surface area contributed by atoms with E-state index in [0.29, 0.717) is 22.6 Å². The number of ketones is 1. The SMILES string of the molecule is COc1ccc(C(=O)CCC(=O)OCc2ccc([N+](=O)[O-])cc2)cc1OC. The van der Waals surface area contributed by atoms with Crippen molar-refractivity contribution >= 4 is 17.4 Å². The number of methoxy groups -OCH3 is 2. The molecule has 0 spiro atoms. The Bertz CT molecular complexity index is 830. The van der Waals surface area contributed by atoms with Crippen LogP contribution in [-0.4, -0.2) is 30.9 Å². The van der Waals surface area contributed by atoms with Gasteiger partial charge >= 0.3 is 5.97 Å². The first kappa shape index (κ1) is 19.9. The number of nitro groups is 1. The number of hydrogen-bond acceptors (Lipinski definition) is 7. The molecule has 0 aliphatic carbocycles. The van der Waals surface area contributed by atoms with Gasteiger partial charge < -0.3 is 14.2 Å². The Balaban J connectivity index is 1.84. The van der Waals surface area contributed by atoms with Gasteiger partial charge in [-0.2, -0.15) is 0 Å². The second kappa shape index (κ2) is 9.33. The molecule has 0 bridgehead atoms. The quantitative estimate of drug-likeness (QED) is 0.287. The number of carbonyl (C=O) groups is 2. The van der Waals surface area contributed by atoms with Crippen molar-refractivity contribution in [3.8, 4) is 11.5 Å². The Morgan fingerprint density at radius 2 is 1.63 bits per heavy atom. The zero-order valence-corrected chi connectivity index (χ0v) is 15.0. The first-order valence-electron chi connectivity index (χ1n) is 8.08. The van der Waals surface area contributed by atoms with Crippen LogP contribution in [0.4, 0.5) is 5.69 Å². The molecule has 0 amide bonds. The number of ether oxygens (including phenoxy) is 3. The molecule has 0 aliphatic rings. The molecule has 8 heteroatoms. The third-order valence-electron chi connectivity index (χ3n) is 3.81. The maximum absolute atomic E-state index is 12.2. The minimum atomic E-state index is -0.526. The number of nitrogens with zero attached hydrogens (tertiary/aromatic N) is 1. The number of non-ortho nitro benzene ring substituents is 1. The predicted octanol–water partition coefficient (Wildman–Crippen LogP) is 3.32. The van der Waals surface area contributed by atoms with Crippen LogP contribution < -0.4 is 9.47 Å². The number of benzene rings is 2. The van der Waals surface area contributed by atoms with Gasteiger partial charge in [-0.3, -0.25) is 19.7 Å². The number of nitro benzene ring substituents is 1. The van der Waals surface area contributed by atoms with Gasteiger partial charge in [-0.25, -0.2) is 0 Å². The lowest BCUT2D eigenvalue weighted by Crippen LogP contribution is -2.08. The average Bonchev–Trinajstić information content (AvgIpc) is 2.70. The highest BCUT2D eigenvalue weighted by Gasteiger charge is 2.13. The Kier molecular flexibility index (Phi) is 6.87. The number of carbonyl (C=O) groups excluding carboxylic acids is 2. The van der Waals surface area contributed by atoms with Crippen LogP contribution >= 0.6 is 0 Å². The lowest BCUT2D eigenvalue weighted by atomic mass is 10.1. The summed E-state index contributed by atoms with van der Waals surface area (Å²) in [4.78, 5) is 34.1. The maximum atomic E-state index is 12.2. The van der Waals surface area contributed by atoms with Gasteiger partial charge in [0.25, 0.3) is 5.69 Å². The van der Waals surface area contributed by atoms with E-state index in [9.17, 15) is 19.7 Å². The summed E-state index contributed by atoms with van der Waals surface area (Å²) in [7, 11) is 2.97. The summed E-state index contributed by atoms with van der Waals surface area (Å²) in [5, 5.41) is 10.6. The van der Waals surface area contributed by atoms with Crippen molar-refractivity contribution in [2.24, 2.45) is 0 Å². The minimum Gasteiger partial charge on any atom is -0.493 e. The van der Waals surface area contributed by atoms with Crippen LogP contribution in [0.3, 0.4) is 0 Å². The summed E-state index contributed by atoms with van der Waals surface area (Å²) in [6.07, 6.45) is -0.0747. The van der Waals surface area contributed by atoms with E-state index in [-0.39, 0.29) is 30.9 Å². The fourth-order valence-corrected chi connectivity index (χ4v) is 2.32. The van der Waals surface area contributed by atoms with E-state index in [1.165, 1.54) is 38.5 Å². The van der Waals surface area contributed by atoms with Gasteiger partial charge in [-0.15, -0.1) is 0 Å². The van der Waals surface area contributed by atoms with Crippen molar-refractivity contribution in [2.75, 3.05) is 14.2 Å². The average molecular weight is 373 g/mol. The van der Waals surface area contributed by atoms with Crippen molar-refractivity contribution in [2.45, 2.75) is 19.4 Å². The zero-order chi connectivity index (χ0) is 19.8. The van der Waals surface area contributed by atoms with Crippen LogP contribution in [0.25, 0.3) is 0 Å². The molecule has 0 aromatic heterocycles. The van der Waals surface area contributed by atoms with Crippen molar-refractivity contribution in [1.29, 1.82) is 0 Å². The summed E-state index contributed by atoms with van der Waals surface area (Å²) in [6, 6.07) is 10.5. The summed E-state index contributed by atoms with van der Waals surface area (Å²) in [5.74, 6) is 0.200. The molecular weight excluding hydrogens is 354 g/mol. The lowest BCUT2D eigenvalue weighted by molar-refractivity contribution is -0.384. The topological polar surface area (TPSA) is 105 Å². The van der Waals surface area contributed by atoms with Gasteiger partial charge in [0.1, 0.15) is 6.61 Å². The Morgan fingerprint density at radius 3 is 2.22 bits per heavy atom. The van der Waals surface area contributed by atoms with Crippen molar-refractivity contribution in [3.63, 3.8) is 0 Å². The number of Topliss-reactive ketones (excluding diaryl/α,β-unsaturated/α-hetero) is 1. The molecule has 27 heavy (non-hydrogen) atoms. The molecule has 2 rings (SSSR count). The van der Waals surface area contributed by atoms with Crippen LogP contribution in [0.15, 0.2) is 42.5 Å². The number of rotatable bonds is 9. The molecule has 2 aromatic rings. The maximum Gasteiger partial charge on any atom is 0.306 e. The van der Waals surface area contributed by atoms with Crippen molar-refractivity contribution in [1.82, 2.24) is 0 Å². The van der Waals surface area contributed by atoms with E-state index in [1.54, 1.807) is 18.2 Å². The molecule has 0 radical (unpaired) electrons. The normalized spacial score (nSPS) is 10.1. The highest BCUT2D eigenvalue weighted by Crippen LogP contribution is 2.28. The third-order valence-corrected chi connectivity index (χ3v) is 3.81. The first-order valence-corrected chi connectivity index (χ1v) is 8.08. The Morgan fingerprint density at radius 1 is 0.963 bits per heavy atom. The molecule has 0 atom stereocenters. The zero-order valence-electron chi connectivity index (χ0n) is 15.0. The fraction of sp³-hybridized carbons (Fsp3) is 0.263. The Labute approximate surface area is 155 Å². The second-order valence-corrected chi connectivity index (χ2v) is 5.58. The summed E-state index contributed by atoms with van der Waals surface area (Å²) in [5.41, 5.74) is 1.00. The predicted molar refractivity (Wildman–Crippen MR) is 96.0 cm³/mol. The van der Waals surface area contributed by atoms with Crippen LogP contribution in [-0.2, 0) is 16.1 Å². The standard InChI is InChI=1S/C19H19NO7/c1-25-17-9-5-14(11-18(17)26-2)16(21)8-10-19(22)27-12-13-3-6-15(7-4-13)20(23)24/h3-7,9,11H,8,10,12H2,1-2H3. The van der Waals surface area contributed by atoms with Gasteiger partial charge in [0.15, 0.2) is 17.3 Å². The third kappa shape index (κ3) is 5.53. The highest BCUT2D eigenvalue weighted by molar-refractivity contribution is 5.98. The molecule has 142 valence electrons. The molecule has 8 nitrogen and oxygen atoms in total. The Hall–Kier alpha value is -3.42. The molecule has 2 aromatic carbocycles. The van der Waals surface area contributed by atoms with E-state index < -0.39 is 10.9 Å². The van der Waals surface area contributed by atoms with Gasteiger partial charge in [-0.1, -0.05) is 0 Å². The fourth-order valence-electron chi connectivity index (χ4n) is 2.32. The molecule has 0 heterocycles. The van der Waals surface area contributed by atoms with E-state index in [1.807, 2.05) is 0 Å². The van der Waals surface area contributed by atoms with Crippen LogP contribution in [0, 0.1) is 10.1 Å². The summed E-state index contributed by atoms with van der Waals surface area (Å²) >= 11 is 0. The highest BCUT2D eigenvalue weighted by atomic mass is 16.6. The van der Waals surface area contributed by atoms with Crippen LogP contribution in [0.1, 0.15) is 28.8 Å². The molecule has 0 aliphatic heterocycles. The molecule has 0 unspecified atom stereocenters. The van der Waals surface area contributed by atoms with E-state index in [0.717, 1.165) is 0 Å². The van der Waals surface area contributed by atoms with Crippen molar-refractivity contribution in [3.05, 3.63) is 63.7 Å². The van der Waals surface area contributed by atoms with Gasteiger partial charge in [0.2, 0.25) is 0 Å². The minimum absolute atomic E-state index is 0.00538. The molecule has 0 saturated carbocycles. The van der Waals surface area contributed by atoms with E-state index in [2.05, 4.69) is 0 Å².